The average molecular weight is 253 g/mol. The van der Waals surface area contributed by atoms with Crippen LogP contribution in [-0.4, -0.2) is 16.4 Å². The molecule has 1 aromatic heterocycles. The van der Waals surface area contributed by atoms with Gasteiger partial charge < -0.3 is 0 Å². The van der Waals surface area contributed by atoms with Crippen LogP contribution in [0, 0.1) is 5.92 Å². The van der Waals surface area contributed by atoms with Gasteiger partial charge in [-0.25, -0.2) is 5.10 Å². The van der Waals surface area contributed by atoms with Gasteiger partial charge in [-0.2, -0.15) is 10.2 Å². The SMILES string of the molecule is O=c1[nH]ncc(N/N=C\[C@H]2CC=CCC2)c1Cl. The molecular formula is C11H13ClN4O. The van der Waals surface area contributed by atoms with E-state index in [0.29, 0.717) is 11.6 Å². The lowest BCUT2D eigenvalue weighted by molar-refractivity contribution is 0.627. The van der Waals surface area contributed by atoms with Crippen LogP contribution in [0.5, 0.6) is 0 Å². The molecule has 0 spiro atoms. The molecule has 1 aliphatic rings. The number of nitrogens with one attached hydrogen (secondary N) is 2. The van der Waals surface area contributed by atoms with Crippen molar-refractivity contribution >= 4 is 23.5 Å². The van der Waals surface area contributed by atoms with Gasteiger partial charge in [-0.05, 0) is 25.2 Å². The molecular weight excluding hydrogens is 240 g/mol. The molecule has 5 nitrogen and oxygen atoms in total. The maximum atomic E-state index is 11.2. The molecule has 0 saturated heterocycles. The number of hydrazone groups is 1. The van der Waals surface area contributed by atoms with E-state index in [2.05, 4.69) is 32.9 Å². The van der Waals surface area contributed by atoms with Crippen molar-refractivity contribution in [2.75, 3.05) is 5.43 Å². The number of rotatable bonds is 3. The van der Waals surface area contributed by atoms with E-state index in [1.807, 2.05) is 6.21 Å². The second kappa shape index (κ2) is 5.63. The molecule has 0 aliphatic heterocycles. The van der Waals surface area contributed by atoms with Crippen LogP contribution < -0.4 is 11.0 Å². The highest BCUT2D eigenvalue weighted by molar-refractivity contribution is 6.32. The summed E-state index contributed by atoms with van der Waals surface area (Å²) in [7, 11) is 0. The molecule has 1 heterocycles. The first-order valence-corrected chi connectivity index (χ1v) is 5.82. The topological polar surface area (TPSA) is 70.1 Å². The zero-order valence-electron chi connectivity index (χ0n) is 9.19. The van der Waals surface area contributed by atoms with Crippen LogP contribution in [-0.2, 0) is 0 Å². The predicted octanol–water partition coefficient (Wildman–Crippen LogP) is 2.18. The molecule has 0 aromatic carbocycles. The summed E-state index contributed by atoms with van der Waals surface area (Å²) < 4.78 is 0. The minimum absolute atomic E-state index is 0.0701. The van der Waals surface area contributed by atoms with Crippen molar-refractivity contribution in [2.45, 2.75) is 19.3 Å². The number of hydrogen-bond acceptors (Lipinski definition) is 4. The van der Waals surface area contributed by atoms with E-state index >= 15 is 0 Å². The number of allylic oxidation sites excluding steroid dienone is 2. The van der Waals surface area contributed by atoms with Gasteiger partial charge in [0.25, 0.3) is 5.56 Å². The summed E-state index contributed by atoms with van der Waals surface area (Å²) in [4.78, 5) is 11.2. The highest BCUT2D eigenvalue weighted by Gasteiger charge is 2.07. The molecule has 0 amide bonds. The second-order valence-corrected chi connectivity index (χ2v) is 4.24. The number of aromatic amines is 1. The van der Waals surface area contributed by atoms with Crippen molar-refractivity contribution in [2.24, 2.45) is 11.0 Å². The van der Waals surface area contributed by atoms with Crippen LogP contribution in [0.25, 0.3) is 0 Å². The Hall–Kier alpha value is -1.62. The van der Waals surface area contributed by atoms with Gasteiger partial charge in [0.1, 0.15) is 10.7 Å². The Labute approximate surface area is 104 Å². The van der Waals surface area contributed by atoms with Gasteiger partial charge >= 0.3 is 0 Å². The second-order valence-electron chi connectivity index (χ2n) is 3.86. The third-order valence-electron chi connectivity index (χ3n) is 2.58. The van der Waals surface area contributed by atoms with Crippen LogP contribution in [0.15, 0.2) is 28.2 Å². The maximum Gasteiger partial charge on any atom is 0.285 e. The summed E-state index contributed by atoms with van der Waals surface area (Å²) in [5.41, 5.74) is 2.72. The lowest BCUT2D eigenvalue weighted by Crippen LogP contribution is -2.10. The Morgan fingerprint density at radius 3 is 3.24 bits per heavy atom. The van der Waals surface area contributed by atoms with E-state index in [1.54, 1.807) is 0 Å². The molecule has 1 atom stereocenters. The molecule has 6 heteroatoms. The standard InChI is InChI=1S/C11H13ClN4O/c12-10-9(7-14-16-11(10)17)15-13-6-8-4-2-1-3-5-8/h1-2,6-8H,3-5H2,(H2,15,16,17)/b13-6-/t8-/m0/s1. The van der Waals surface area contributed by atoms with E-state index in [9.17, 15) is 4.79 Å². The minimum atomic E-state index is -0.424. The summed E-state index contributed by atoms with van der Waals surface area (Å²) in [6.45, 7) is 0. The molecule has 0 unspecified atom stereocenters. The molecule has 90 valence electrons. The summed E-state index contributed by atoms with van der Waals surface area (Å²) in [6.07, 6.45) is 10.8. The number of halogens is 1. The van der Waals surface area contributed by atoms with Crippen LogP contribution in [0.3, 0.4) is 0 Å². The van der Waals surface area contributed by atoms with Gasteiger partial charge in [-0.3, -0.25) is 10.2 Å². The van der Waals surface area contributed by atoms with E-state index in [1.165, 1.54) is 6.20 Å². The number of H-pyrrole nitrogens is 1. The Morgan fingerprint density at radius 1 is 1.59 bits per heavy atom. The smallest absolute Gasteiger partial charge is 0.275 e. The van der Waals surface area contributed by atoms with Crippen molar-refractivity contribution in [3.63, 3.8) is 0 Å². The first kappa shape index (κ1) is 11.9. The fraction of sp³-hybridized carbons (Fsp3) is 0.364. The van der Waals surface area contributed by atoms with Crippen molar-refractivity contribution < 1.29 is 0 Å². The fourth-order valence-electron chi connectivity index (χ4n) is 1.63. The summed E-state index contributed by atoms with van der Waals surface area (Å²) >= 11 is 5.78. The maximum absolute atomic E-state index is 11.2. The van der Waals surface area contributed by atoms with Crippen LogP contribution in [0.1, 0.15) is 19.3 Å². The van der Waals surface area contributed by atoms with Crippen molar-refractivity contribution in [3.8, 4) is 0 Å². The van der Waals surface area contributed by atoms with Gasteiger partial charge in [0.2, 0.25) is 0 Å². The van der Waals surface area contributed by atoms with Crippen LogP contribution in [0.4, 0.5) is 5.69 Å². The molecule has 0 bridgehead atoms. The molecule has 0 saturated carbocycles. The predicted molar refractivity (Wildman–Crippen MR) is 68.5 cm³/mol. The molecule has 1 aliphatic carbocycles. The minimum Gasteiger partial charge on any atom is -0.275 e. The lowest BCUT2D eigenvalue weighted by atomic mass is 9.96. The van der Waals surface area contributed by atoms with Crippen molar-refractivity contribution in [1.82, 2.24) is 10.2 Å². The zero-order chi connectivity index (χ0) is 12.1. The number of hydrogen-bond donors (Lipinski definition) is 2. The third-order valence-corrected chi connectivity index (χ3v) is 2.95. The number of nitrogens with zero attached hydrogens (tertiary/aromatic N) is 2. The monoisotopic (exact) mass is 252 g/mol. The van der Waals surface area contributed by atoms with Crippen LogP contribution in [0.2, 0.25) is 5.02 Å². The zero-order valence-corrected chi connectivity index (χ0v) is 9.94. The first-order chi connectivity index (χ1) is 8.27. The Morgan fingerprint density at radius 2 is 2.47 bits per heavy atom. The van der Waals surface area contributed by atoms with E-state index < -0.39 is 5.56 Å². The number of aromatic nitrogens is 2. The quantitative estimate of drug-likeness (QED) is 0.492. The summed E-state index contributed by atoms with van der Waals surface area (Å²) in [5, 5.41) is 10.0. The first-order valence-electron chi connectivity index (χ1n) is 5.45. The molecule has 0 fully saturated rings. The fourth-order valence-corrected chi connectivity index (χ4v) is 1.76. The molecule has 0 radical (unpaired) electrons. The van der Waals surface area contributed by atoms with E-state index in [0.717, 1.165) is 19.3 Å². The van der Waals surface area contributed by atoms with E-state index in [4.69, 9.17) is 11.6 Å². The third kappa shape index (κ3) is 3.17. The van der Waals surface area contributed by atoms with Gasteiger partial charge in [0, 0.05) is 6.21 Å². The Balaban J connectivity index is 1.97. The largest absolute Gasteiger partial charge is 0.285 e. The summed E-state index contributed by atoms with van der Waals surface area (Å²) in [5.74, 6) is 0.446. The highest BCUT2D eigenvalue weighted by Crippen LogP contribution is 2.17. The van der Waals surface area contributed by atoms with Crippen molar-refractivity contribution in [3.05, 3.63) is 33.7 Å². The molecule has 2 rings (SSSR count). The lowest BCUT2D eigenvalue weighted by Gasteiger charge is -2.11. The Kier molecular flexibility index (Phi) is 3.93. The normalized spacial score (nSPS) is 19.7. The number of anilines is 1. The van der Waals surface area contributed by atoms with Gasteiger partial charge in [-0.15, -0.1) is 0 Å². The molecule has 1 aromatic rings. The average Bonchev–Trinajstić information content (AvgIpc) is 2.36. The highest BCUT2D eigenvalue weighted by atomic mass is 35.5. The Bertz CT molecular complexity index is 494. The van der Waals surface area contributed by atoms with Gasteiger partial charge in [0.05, 0.1) is 6.20 Å². The summed E-state index contributed by atoms with van der Waals surface area (Å²) in [6, 6.07) is 0. The van der Waals surface area contributed by atoms with E-state index in [-0.39, 0.29) is 5.02 Å². The van der Waals surface area contributed by atoms with Gasteiger partial charge in [-0.1, -0.05) is 23.8 Å². The molecule has 2 N–H and O–H groups in total. The van der Waals surface area contributed by atoms with Crippen molar-refractivity contribution in [1.29, 1.82) is 0 Å². The molecule has 17 heavy (non-hydrogen) atoms. The van der Waals surface area contributed by atoms with Gasteiger partial charge in [0.15, 0.2) is 0 Å². The van der Waals surface area contributed by atoms with Crippen LogP contribution >= 0.6 is 11.6 Å².